The molecule has 0 radical (unpaired) electrons. The van der Waals surface area contributed by atoms with Gasteiger partial charge in [-0.1, -0.05) is 12.1 Å². The molecule has 0 aliphatic carbocycles. The maximum atomic E-state index is 13.5. The number of nitrogens with two attached hydrogens (primary N) is 1. The van der Waals surface area contributed by atoms with Gasteiger partial charge in [0.25, 0.3) is 5.91 Å². The number of rotatable bonds is 2. The molecule has 7 nitrogen and oxygen atoms in total. The summed E-state index contributed by atoms with van der Waals surface area (Å²) in [6.07, 6.45) is 0. The highest BCUT2D eigenvalue weighted by Crippen LogP contribution is 2.25. The molecule has 2 heterocycles. The average molecular weight is 329 g/mol. The van der Waals surface area contributed by atoms with Crippen molar-refractivity contribution in [2.24, 2.45) is 0 Å². The molecule has 2 aromatic rings. The largest absolute Gasteiger partial charge is 0.368 e. The van der Waals surface area contributed by atoms with Crippen molar-refractivity contribution in [1.82, 2.24) is 20.2 Å². The number of benzene rings is 1. The van der Waals surface area contributed by atoms with E-state index in [-0.39, 0.29) is 24.1 Å². The highest BCUT2D eigenvalue weighted by molar-refractivity contribution is 5.97. The van der Waals surface area contributed by atoms with Crippen LogP contribution in [0.5, 0.6) is 0 Å². The molecular formula is C16H16FN5O2. The maximum absolute atomic E-state index is 13.5. The summed E-state index contributed by atoms with van der Waals surface area (Å²) in [6.45, 7) is 2.30. The van der Waals surface area contributed by atoms with Crippen LogP contribution in [0.2, 0.25) is 0 Å². The molecule has 24 heavy (non-hydrogen) atoms. The van der Waals surface area contributed by atoms with Crippen LogP contribution < -0.4 is 11.1 Å². The molecule has 1 aromatic heterocycles. The molecule has 0 saturated carbocycles. The number of nitrogen functional groups attached to an aromatic ring is 1. The van der Waals surface area contributed by atoms with Gasteiger partial charge in [-0.2, -0.15) is 0 Å². The lowest BCUT2D eigenvalue weighted by atomic mass is 10.0. The van der Waals surface area contributed by atoms with Gasteiger partial charge in [0, 0.05) is 18.8 Å². The molecule has 8 heteroatoms. The molecule has 1 aliphatic rings. The van der Waals surface area contributed by atoms with Gasteiger partial charge in [0.15, 0.2) is 0 Å². The second-order valence-electron chi connectivity index (χ2n) is 5.50. The molecule has 0 bridgehead atoms. The Bertz CT molecular complexity index is 791. The molecule has 2 amide bonds. The number of aromatic nitrogens is 2. The van der Waals surface area contributed by atoms with Crippen molar-refractivity contribution in [3.05, 3.63) is 53.1 Å². The lowest BCUT2D eigenvalue weighted by Gasteiger charge is -2.35. The second kappa shape index (κ2) is 6.23. The van der Waals surface area contributed by atoms with Gasteiger partial charge < -0.3 is 16.0 Å². The molecule has 3 N–H and O–H groups in total. The van der Waals surface area contributed by atoms with Gasteiger partial charge in [0.05, 0.1) is 0 Å². The smallest absolute Gasteiger partial charge is 0.273 e. The van der Waals surface area contributed by atoms with Gasteiger partial charge in [-0.15, -0.1) is 0 Å². The molecule has 1 aliphatic heterocycles. The van der Waals surface area contributed by atoms with E-state index in [1.165, 1.54) is 29.2 Å². The van der Waals surface area contributed by atoms with E-state index in [1.54, 1.807) is 13.0 Å². The summed E-state index contributed by atoms with van der Waals surface area (Å²) in [5.41, 5.74) is 6.66. The van der Waals surface area contributed by atoms with Crippen LogP contribution in [0.25, 0.3) is 0 Å². The van der Waals surface area contributed by atoms with Gasteiger partial charge >= 0.3 is 0 Å². The van der Waals surface area contributed by atoms with Crippen LogP contribution >= 0.6 is 0 Å². The summed E-state index contributed by atoms with van der Waals surface area (Å²) in [6, 6.07) is 6.23. The van der Waals surface area contributed by atoms with Crippen molar-refractivity contribution in [1.29, 1.82) is 0 Å². The highest BCUT2D eigenvalue weighted by atomic mass is 19.1. The zero-order valence-electron chi connectivity index (χ0n) is 13.0. The first-order valence-corrected chi connectivity index (χ1v) is 7.41. The minimum absolute atomic E-state index is 0.0119. The lowest BCUT2D eigenvalue weighted by molar-refractivity contribution is -0.128. The Hall–Kier alpha value is -3.03. The first-order chi connectivity index (χ1) is 11.5. The Morgan fingerprint density at radius 3 is 2.88 bits per heavy atom. The fraction of sp³-hybridized carbons (Fsp3) is 0.250. The molecule has 1 saturated heterocycles. The molecule has 1 atom stereocenters. The quantitative estimate of drug-likeness (QED) is 0.849. The summed E-state index contributed by atoms with van der Waals surface area (Å²) in [4.78, 5) is 34.4. The lowest BCUT2D eigenvalue weighted by Crippen LogP contribution is -2.52. The van der Waals surface area contributed by atoms with Crippen LogP contribution in [0.15, 0.2) is 30.3 Å². The van der Waals surface area contributed by atoms with E-state index in [1.807, 2.05) is 0 Å². The number of nitrogens with zero attached hydrogens (tertiary/aromatic N) is 3. The van der Waals surface area contributed by atoms with Crippen molar-refractivity contribution < 1.29 is 14.0 Å². The Balaban J connectivity index is 2.00. The SMILES string of the molecule is Cc1cc(C(=O)N2CCNC(=O)[C@H]2c2cccc(F)c2)nc(N)n1. The van der Waals surface area contributed by atoms with Crippen LogP contribution in [-0.2, 0) is 4.79 Å². The number of carbonyl (C=O) groups excluding carboxylic acids is 2. The fourth-order valence-corrected chi connectivity index (χ4v) is 2.74. The number of amides is 2. The van der Waals surface area contributed by atoms with Crippen LogP contribution in [0.4, 0.5) is 10.3 Å². The molecule has 0 unspecified atom stereocenters. The monoisotopic (exact) mass is 329 g/mol. The number of aryl methyl sites for hydroxylation is 1. The summed E-state index contributed by atoms with van der Waals surface area (Å²) in [5.74, 6) is -1.29. The zero-order chi connectivity index (χ0) is 17.3. The molecule has 1 fully saturated rings. The first-order valence-electron chi connectivity index (χ1n) is 7.41. The van der Waals surface area contributed by atoms with Crippen molar-refractivity contribution in [2.75, 3.05) is 18.8 Å². The number of carbonyl (C=O) groups is 2. The van der Waals surface area contributed by atoms with E-state index >= 15 is 0 Å². The van der Waals surface area contributed by atoms with Gasteiger partial charge in [-0.05, 0) is 30.7 Å². The summed E-state index contributed by atoms with van der Waals surface area (Å²) in [5, 5.41) is 2.70. The van der Waals surface area contributed by atoms with Crippen molar-refractivity contribution in [2.45, 2.75) is 13.0 Å². The van der Waals surface area contributed by atoms with Crippen molar-refractivity contribution in [3.63, 3.8) is 0 Å². The van der Waals surface area contributed by atoms with Gasteiger partial charge in [0.2, 0.25) is 11.9 Å². The van der Waals surface area contributed by atoms with Crippen LogP contribution in [0.1, 0.15) is 27.8 Å². The number of piperazine rings is 1. The molecule has 3 rings (SSSR count). The van der Waals surface area contributed by atoms with E-state index in [9.17, 15) is 14.0 Å². The third kappa shape index (κ3) is 3.03. The van der Waals surface area contributed by atoms with E-state index in [0.717, 1.165) is 0 Å². The standard InChI is InChI=1S/C16H16FN5O2/c1-9-7-12(21-16(18)20-9)15(24)22-6-5-19-14(23)13(22)10-3-2-4-11(17)8-10/h2-4,7-8,13H,5-6H2,1H3,(H,19,23)(H2,18,20,21)/t13-/m1/s1. The van der Waals surface area contributed by atoms with E-state index in [2.05, 4.69) is 15.3 Å². The number of halogens is 1. The molecule has 1 aromatic carbocycles. The minimum atomic E-state index is -0.918. The van der Waals surface area contributed by atoms with Crippen LogP contribution in [0.3, 0.4) is 0 Å². The summed E-state index contributed by atoms with van der Waals surface area (Å²) in [7, 11) is 0. The normalized spacial score (nSPS) is 17.5. The minimum Gasteiger partial charge on any atom is -0.368 e. The molecule has 124 valence electrons. The van der Waals surface area contributed by atoms with Crippen molar-refractivity contribution >= 4 is 17.8 Å². The fourth-order valence-electron chi connectivity index (χ4n) is 2.74. The molecular weight excluding hydrogens is 313 g/mol. The highest BCUT2D eigenvalue weighted by Gasteiger charge is 2.35. The van der Waals surface area contributed by atoms with Gasteiger partial charge in [0.1, 0.15) is 17.6 Å². The number of nitrogens with one attached hydrogen (secondary N) is 1. The second-order valence-corrected chi connectivity index (χ2v) is 5.50. The van der Waals surface area contributed by atoms with Gasteiger partial charge in [-0.3, -0.25) is 9.59 Å². The zero-order valence-corrected chi connectivity index (χ0v) is 13.0. The van der Waals surface area contributed by atoms with Crippen molar-refractivity contribution in [3.8, 4) is 0 Å². The van der Waals surface area contributed by atoms with Crippen LogP contribution in [0, 0.1) is 12.7 Å². The number of anilines is 1. The molecule has 0 spiro atoms. The van der Waals surface area contributed by atoms with E-state index < -0.39 is 17.8 Å². The van der Waals surface area contributed by atoms with Crippen LogP contribution in [-0.4, -0.2) is 39.8 Å². The van der Waals surface area contributed by atoms with E-state index in [0.29, 0.717) is 17.8 Å². The summed E-state index contributed by atoms with van der Waals surface area (Å²) >= 11 is 0. The third-order valence-electron chi connectivity index (χ3n) is 3.73. The topological polar surface area (TPSA) is 101 Å². The Morgan fingerprint density at radius 2 is 2.17 bits per heavy atom. The Labute approximate surface area is 137 Å². The first kappa shape index (κ1) is 15.9. The number of hydrogen-bond donors (Lipinski definition) is 2. The van der Waals surface area contributed by atoms with Gasteiger partial charge in [-0.25, -0.2) is 14.4 Å². The van der Waals surface area contributed by atoms with E-state index in [4.69, 9.17) is 5.73 Å². The number of hydrogen-bond acceptors (Lipinski definition) is 5. The predicted octanol–water partition coefficient (Wildman–Crippen LogP) is 0.820. The Morgan fingerprint density at radius 1 is 1.38 bits per heavy atom. The maximum Gasteiger partial charge on any atom is 0.273 e. The summed E-state index contributed by atoms with van der Waals surface area (Å²) < 4.78 is 13.5. The third-order valence-corrected chi connectivity index (χ3v) is 3.73. The Kier molecular flexibility index (Phi) is 4.11. The predicted molar refractivity (Wildman–Crippen MR) is 84.4 cm³/mol. The average Bonchev–Trinajstić information content (AvgIpc) is 2.53.